The van der Waals surface area contributed by atoms with Crippen LogP contribution in [0.3, 0.4) is 0 Å². The third-order valence-corrected chi connectivity index (χ3v) is 6.54. The number of hydrogen-bond acceptors (Lipinski definition) is 3. The fourth-order valence-electron chi connectivity index (χ4n) is 5.15. The molecule has 1 fully saturated rings. The molecule has 25 heavy (non-hydrogen) atoms. The van der Waals surface area contributed by atoms with Gasteiger partial charge in [0, 0.05) is 0 Å². The maximum atomic E-state index is 10.6. The van der Waals surface area contributed by atoms with Crippen molar-refractivity contribution in [2.24, 2.45) is 17.8 Å². The van der Waals surface area contributed by atoms with Gasteiger partial charge in [-0.3, -0.25) is 0 Å². The molecule has 2 N–H and O–H groups in total. The predicted molar refractivity (Wildman–Crippen MR) is 101 cm³/mol. The first-order chi connectivity index (χ1) is 12.1. The summed E-state index contributed by atoms with van der Waals surface area (Å²) in [6, 6.07) is 6.35. The number of aliphatic hydroxyl groups is 2. The monoisotopic (exact) mass is 346 g/mol. The summed E-state index contributed by atoms with van der Waals surface area (Å²) in [7, 11) is 1.74. The molecule has 5 atom stereocenters. The third kappa shape index (κ3) is 4.20. The summed E-state index contributed by atoms with van der Waals surface area (Å²) in [6.07, 6.45) is 8.77. The first-order valence-corrected chi connectivity index (χ1v) is 10.1. The summed E-state index contributed by atoms with van der Waals surface area (Å²) in [5, 5.41) is 20.9. The molecule has 2 aliphatic rings. The molecule has 0 spiro atoms. The standard InChI is InChI=1S/C22H34O3/c1-3-4-5-8-17(23)10-11-18-19-12-15-7-6-9-22(25-2)20(15)13-16(19)14-21(18)24/h6-7,9,16-19,21,23-24H,3-5,8,10-14H2,1-2H3/t16?,17-,18?,19-,21+/m0/s1. The normalized spacial score (nSPS) is 29.1. The molecule has 140 valence electrons. The number of ether oxygens (including phenoxy) is 1. The van der Waals surface area contributed by atoms with Gasteiger partial charge in [-0.05, 0) is 73.5 Å². The van der Waals surface area contributed by atoms with Crippen LogP contribution in [0, 0.1) is 17.8 Å². The van der Waals surface area contributed by atoms with E-state index in [0.29, 0.717) is 17.8 Å². The van der Waals surface area contributed by atoms with E-state index in [1.807, 2.05) is 0 Å². The van der Waals surface area contributed by atoms with Crippen molar-refractivity contribution in [1.29, 1.82) is 0 Å². The van der Waals surface area contributed by atoms with E-state index in [9.17, 15) is 10.2 Å². The van der Waals surface area contributed by atoms with E-state index in [4.69, 9.17) is 4.74 Å². The number of methoxy groups -OCH3 is 1. The lowest BCUT2D eigenvalue weighted by atomic mass is 9.73. The topological polar surface area (TPSA) is 49.7 Å². The van der Waals surface area contributed by atoms with Gasteiger partial charge in [-0.2, -0.15) is 0 Å². The smallest absolute Gasteiger partial charge is 0.122 e. The molecule has 3 heteroatoms. The van der Waals surface area contributed by atoms with Crippen LogP contribution in [0.4, 0.5) is 0 Å². The van der Waals surface area contributed by atoms with Crippen LogP contribution in [0.1, 0.15) is 63.0 Å². The number of benzene rings is 1. The Labute approximate surface area is 152 Å². The van der Waals surface area contributed by atoms with Gasteiger partial charge in [-0.25, -0.2) is 0 Å². The van der Waals surface area contributed by atoms with Crippen molar-refractivity contribution in [2.75, 3.05) is 7.11 Å². The summed E-state index contributed by atoms with van der Waals surface area (Å²) >= 11 is 0. The van der Waals surface area contributed by atoms with Crippen LogP contribution in [0.15, 0.2) is 18.2 Å². The highest BCUT2D eigenvalue weighted by atomic mass is 16.5. The second kappa shape index (κ2) is 8.55. The van der Waals surface area contributed by atoms with Crippen molar-refractivity contribution in [1.82, 2.24) is 0 Å². The zero-order chi connectivity index (χ0) is 17.8. The Morgan fingerprint density at radius 1 is 1.20 bits per heavy atom. The zero-order valence-corrected chi connectivity index (χ0v) is 15.8. The molecule has 0 amide bonds. The van der Waals surface area contributed by atoms with Crippen molar-refractivity contribution in [3.8, 4) is 5.75 Å². The SMILES string of the molecule is CCCCC[C@H](O)CCC1[C@H]2Cc3cccc(OC)c3CC2C[C@H]1O. The Kier molecular flexibility index (Phi) is 6.40. The molecule has 3 nitrogen and oxygen atoms in total. The summed E-state index contributed by atoms with van der Waals surface area (Å²) < 4.78 is 5.54. The summed E-state index contributed by atoms with van der Waals surface area (Å²) in [6.45, 7) is 2.19. The van der Waals surface area contributed by atoms with Crippen molar-refractivity contribution in [3.63, 3.8) is 0 Å². The number of unbranched alkanes of at least 4 members (excludes halogenated alkanes) is 2. The number of rotatable bonds is 8. The van der Waals surface area contributed by atoms with Gasteiger partial charge in [-0.1, -0.05) is 38.3 Å². The molecular weight excluding hydrogens is 312 g/mol. The first-order valence-electron chi connectivity index (χ1n) is 10.1. The van der Waals surface area contributed by atoms with Crippen molar-refractivity contribution in [2.45, 2.75) is 76.9 Å². The molecule has 0 bridgehead atoms. The Morgan fingerprint density at radius 3 is 2.80 bits per heavy atom. The molecule has 1 aromatic rings. The minimum Gasteiger partial charge on any atom is -0.496 e. The molecule has 0 aromatic heterocycles. The number of fused-ring (bicyclic) bond motifs is 2. The van der Waals surface area contributed by atoms with Crippen LogP contribution >= 0.6 is 0 Å². The quantitative estimate of drug-likeness (QED) is 0.696. The lowest BCUT2D eigenvalue weighted by Crippen LogP contribution is -2.28. The third-order valence-electron chi connectivity index (χ3n) is 6.54. The molecule has 3 rings (SSSR count). The minimum atomic E-state index is -0.210. The molecular formula is C22H34O3. The Hall–Kier alpha value is -1.06. The van der Waals surface area contributed by atoms with Crippen LogP contribution in [-0.2, 0) is 12.8 Å². The molecule has 1 saturated carbocycles. The van der Waals surface area contributed by atoms with Crippen LogP contribution in [-0.4, -0.2) is 29.5 Å². The van der Waals surface area contributed by atoms with Crippen LogP contribution < -0.4 is 4.74 Å². The fourth-order valence-corrected chi connectivity index (χ4v) is 5.15. The van der Waals surface area contributed by atoms with Crippen molar-refractivity contribution < 1.29 is 14.9 Å². The molecule has 2 unspecified atom stereocenters. The van der Waals surface area contributed by atoms with Gasteiger partial charge in [0.1, 0.15) is 5.75 Å². The van der Waals surface area contributed by atoms with Gasteiger partial charge in [0.15, 0.2) is 0 Å². The highest BCUT2D eigenvalue weighted by molar-refractivity contribution is 5.43. The summed E-state index contributed by atoms with van der Waals surface area (Å²) in [5.74, 6) is 2.45. The second-order valence-corrected chi connectivity index (χ2v) is 8.12. The van der Waals surface area contributed by atoms with Gasteiger partial charge in [0.05, 0.1) is 19.3 Å². The van der Waals surface area contributed by atoms with Gasteiger partial charge in [0.2, 0.25) is 0 Å². The average molecular weight is 347 g/mol. The summed E-state index contributed by atoms with van der Waals surface area (Å²) in [4.78, 5) is 0. The van der Waals surface area contributed by atoms with Gasteiger partial charge >= 0.3 is 0 Å². The molecule has 0 saturated heterocycles. The van der Waals surface area contributed by atoms with E-state index >= 15 is 0 Å². The van der Waals surface area contributed by atoms with Crippen molar-refractivity contribution >= 4 is 0 Å². The lowest BCUT2D eigenvalue weighted by Gasteiger charge is -2.32. The van der Waals surface area contributed by atoms with E-state index in [1.54, 1.807) is 7.11 Å². The van der Waals surface area contributed by atoms with E-state index in [-0.39, 0.29) is 12.2 Å². The summed E-state index contributed by atoms with van der Waals surface area (Å²) in [5.41, 5.74) is 2.74. The van der Waals surface area contributed by atoms with E-state index in [2.05, 4.69) is 25.1 Å². The molecule has 2 aliphatic carbocycles. The fraction of sp³-hybridized carbons (Fsp3) is 0.727. The van der Waals surface area contributed by atoms with E-state index in [1.165, 1.54) is 24.0 Å². The van der Waals surface area contributed by atoms with Gasteiger partial charge in [-0.15, -0.1) is 0 Å². The molecule has 1 aromatic carbocycles. The maximum Gasteiger partial charge on any atom is 0.122 e. The maximum absolute atomic E-state index is 10.6. The average Bonchev–Trinajstić information content (AvgIpc) is 2.92. The molecule has 0 heterocycles. The highest BCUT2D eigenvalue weighted by Crippen LogP contribution is 2.48. The van der Waals surface area contributed by atoms with Crippen molar-refractivity contribution in [3.05, 3.63) is 29.3 Å². The lowest BCUT2D eigenvalue weighted by molar-refractivity contribution is 0.0869. The van der Waals surface area contributed by atoms with E-state index < -0.39 is 0 Å². The Morgan fingerprint density at radius 2 is 2.04 bits per heavy atom. The first kappa shape index (κ1) is 18.7. The molecule has 0 radical (unpaired) electrons. The Balaban J connectivity index is 1.61. The van der Waals surface area contributed by atoms with E-state index in [0.717, 1.165) is 50.7 Å². The highest BCUT2D eigenvalue weighted by Gasteiger charge is 2.44. The largest absolute Gasteiger partial charge is 0.496 e. The number of aliphatic hydroxyl groups excluding tert-OH is 2. The van der Waals surface area contributed by atoms with Crippen LogP contribution in [0.5, 0.6) is 5.75 Å². The van der Waals surface area contributed by atoms with Crippen LogP contribution in [0.25, 0.3) is 0 Å². The predicted octanol–water partition coefficient (Wildman–Crippen LogP) is 4.13. The zero-order valence-electron chi connectivity index (χ0n) is 15.8. The second-order valence-electron chi connectivity index (χ2n) is 8.12. The Bertz CT molecular complexity index is 556. The van der Waals surface area contributed by atoms with Gasteiger partial charge < -0.3 is 14.9 Å². The minimum absolute atomic E-state index is 0.200. The molecule has 0 aliphatic heterocycles. The van der Waals surface area contributed by atoms with Crippen LogP contribution in [0.2, 0.25) is 0 Å². The number of hydrogen-bond donors (Lipinski definition) is 2. The van der Waals surface area contributed by atoms with Gasteiger partial charge in [0.25, 0.3) is 0 Å².